The van der Waals surface area contributed by atoms with Crippen molar-refractivity contribution in [1.29, 1.82) is 0 Å². The number of para-hydroxylation sites is 1. The lowest BCUT2D eigenvalue weighted by Gasteiger charge is -2.25. The fourth-order valence-electron chi connectivity index (χ4n) is 3.89. The molecule has 0 aliphatic carbocycles. The number of amides is 1. The summed E-state index contributed by atoms with van der Waals surface area (Å²) in [5.41, 5.74) is 1.28. The second-order valence-corrected chi connectivity index (χ2v) is 10.8. The number of nitrogens with one attached hydrogen (secondary N) is 1. The van der Waals surface area contributed by atoms with E-state index in [9.17, 15) is 13.2 Å². The van der Waals surface area contributed by atoms with Gasteiger partial charge in [-0.25, -0.2) is 8.42 Å². The van der Waals surface area contributed by atoms with Gasteiger partial charge in [0.05, 0.1) is 17.7 Å². The first-order chi connectivity index (χ1) is 15.9. The lowest BCUT2D eigenvalue weighted by Crippen LogP contribution is -2.43. The van der Waals surface area contributed by atoms with Gasteiger partial charge in [-0.1, -0.05) is 48.2 Å². The zero-order chi connectivity index (χ0) is 23.4. The molecule has 1 saturated heterocycles. The highest BCUT2D eigenvalue weighted by Gasteiger charge is 2.40. The first-order valence-corrected chi connectivity index (χ1v) is 12.9. The van der Waals surface area contributed by atoms with Crippen molar-refractivity contribution in [2.24, 2.45) is 0 Å². The number of nitrogens with zero attached hydrogens (tertiary/aromatic N) is 1. The molecule has 8 heteroatoms. The molecule has 0 aromatic heterocycles. The molecule has 1 amide bonds. The van der Waals surface area contributed by atoms with Crippen LogP contribution in [0, 0.1) is 6.92 Å². The van der Waals surface area contributed by atoms with E-state index in [0.717, 1.165) is 9.79 Å². The van der Waals surface area contributed by atoms with Crippen molar-refractivity contribution in [2.45, 2.75) is 40.5 Å². The Morgan fingerprint density at radius 1 is 1.06 bits per heavy atom. The van der Waals surface area contributed by atoms with Gasteiger partial charge < -0.3 is 10.1 Å². The fourth-order valence-corrected chi connectivity index (χ4v) is 6.71. The number of benzene rings is 3. The molecule has 3 aromatic rings. The quantitative estimate of drug-likeness (QED) is 0.516. The van der Waals surface area contributed by atoms with Crippen LogP contribution in [0.2, 0.25) is 0 Å². The number of methoxy groups -OCH3 is 1. The number of carbonyl (C=O) groups excluding carboxylic acids is 1. The Balaban J connectivity index is 1.57. The van der Waals surface area contributed by atoms with Crippen LogP contribution in [0.5, 0.6) is 5.75 Å². The van der Waals surface area contributed by atoms with Gasteiger partial charge in [-0.05, 0) is 55.7 Å². The third kappa shape index (κ3) is 5.08. The second kappa shape index (κ2) is 9.99. The van der Waals surface area contributed by atoms with Gasteiger partial charge in [0, 0.05) is 22.4 Å². The van der Waals surface area contributed by atoms with Crippen LogP contribution in [0.4, 0.5) is 5.69 Å². The molecule has 1 unspecified atom stereocenters. The Bertz CT molecular complexity index is 1250. The molecule has 1 aliphatic rings. The van der Waals surface area contributed by atoms with Gasteiger partial charge in [0.25, 0.3) is 0 Å². The van der Waals surface area contributed by atoms with E-state index in [-0.39, 0.29) is 10.8 Å². The van der Waals surface area contributed by atoms with Crippen LogP contribution in [0.1, 0.15) is 18.4 Å². The lowest BCUT2D eigenvalue weighted by atomic mass is 10.2. The van der Waals surface area contributed by atoms with Crippen LogP contribution in [-0.2, 0) is 14.8 Å². The summed E-state index contributed by atoms with van der Waals surface area (Å²) in [5.74, 6) is 0.143. The summed E-state index contributed by atoms with van der Waals surface area (Å²) in [6.07, 6.45) is 1.10. The number of hydrogen-bond donors (Lipinski definition) is 1. The molecule has 1 fully saturated rings. The summed E-state index contributed by atoms with van der Waals surface area (Å²) in [6.45, 7) is 2.05. The molecule has 4 rings (SSSR count). The molecule has 0 spiro atoms. The van der Waals surface area contributed by atoms with Gasteiger partial charge in [0.15, 0.2) is 0 Å². The van der Waals surface area contributed by atoms with Crippen molar-refractivity contribution >= 4 is 33.4 Å². The Hall–Kier alpha value is -2.81. The van der Waals surface area contributed by atoms with E-state index in [2.05, 4.69) is 5.32 Å². The van der Waals surface area contributed by atoms with Crippen molar-refractivity contribution < 1.29 is 17.9 Å². The smallest absolute Gasteiger partial charge is 0.244 e. The Labute approximate surface area is 199 Å². The van der Waals surface area contributed by atoms with Gasteiger partial charge in [0.1, 0.15) is 11.8 Å². The van der Waals surface area contributed by atoms with E-state index in [0.29, 0.717) is 36.4 Å². The molecule has 1 atom stereocenters. The second-order valence-electron chi connectivity index (χ2n) is 7.81. The maximum absolute atomic E-state index is 13.5. The van der Waals surface area contributed by atoms with Gasteiger partial charge in [-0.15, -0.1) is 0 Å². The van der Waals surface area contributed by atoms with E-state index in [4.69, 9.17) is 4.74 Å². The van der Waals surface area contributed by atoms with E-state index in [1.807, 2.05) is 54.6 Å². The molecular weight excluding hydrogens is 456 g/mol. The third-order valence-electron chi connectivity index (χ3n) is 5.60. The van der Waals surface area contributed by atoms with E-state index in [1.54, 1.807) is 30.8 Å². The Morgan fingerprint density at radius 2 is 1.79 bits per heavy atom. The maximum atomic E-state index is 13.5. The van der Waals surface area contributed by atoms with Crippen molar-refractivity contribution in [3.63, 3.8) is 0 Å². The highest BCUT2D eigenvalue weighted by Crippen LogP contribution is 2.35. The molecule has 1 aliphatic heterocycles. The van der Waals surface area contributed by atoms with Crippen LogP contribution < -0.4 is 10.1 Å². The Morgan fingerprint density at radius 3 is 2.55 bits per heavy atom. The van der Waals surface area contributed by atoms with Crippen LogP contribution in [-0.4, -0.2) is 38.3 Å². The number of carbonyl (C=O) groups is 1. The number of rotatable bonds is 7. The number of aryl methyl sites for hydroxylation is 1. The molecule has 1 heterocycles. The van der Waals surface area contributed by atoms with Crippen molar-refractivity contribution in [3.8, 4) is 5.75 Å². The van der Waals surface area contributed by atoms with E-state index >= 15 is 0 Å². The normalized spacial score (nSPS) is 16.5. The van der Waals surface area contributed by atoms with Crippen molar-refractivity contribution in [2.75, 3.05) is 19.0 Å². The molecule has 1 N–H and O–H groups in total. The highest BCUT2D eigenvalue weighted by molar-refractivity contribution is 7.99. The SMILES string of the molecule is COc1ccc(C)c(S(=O)(=O)N2CCCC2C(=O)Nc2ccccc2Sc2ccccc2)c1. The predicted molar refractivity (Wildman–Crippen MR) is 130 cm³/mol. The zero-order valence-corrected chi connectivity index (χ0v) is 20.2. The predicted octanol–water partition coefficient (Wildman–Crippen LogP) is 4.95. The summed E-state index contributed by atoms with van der Waals surface area (Å²) < 4.78 is 33.5. The van der Waals surface area contributed by atoms with Crippen molar-refractivity contribution in [1.82, 2.24) is 4.31 Å². The Kier molecular flexibility index (Phi) is 7.07. The summed E-state index contributed by atoms with van der Waals surface area (Å²) in [7, 11) is -2.36. The number of anilines is 1. The van der Waals surface area contributed by atoms with Gasteiger partial charge in [0.2, 0.25) is 15.9 Å². The van der Waals surface area contributed by atoms with Gasteiger partial charge in [-0.3, -0.25) is 4.79 Å². The van der Waals surface area contributed by atoms with Crippen LogP contribution in [0.25, 0.3) is 0 Å². The minimum atomic E-state index is -3.86. The average molecular weight is 483 g/mol. The van der Waals surface area contributed by atoms with Crippen LogP contribution >= 0.6 is 11.8 Å². The van der Waals surface area contributed by atoms with Crippen molar-refractivity contribution in [3.05, 3.63) is 78.4 Å². The summed E-state index contributed by atoms with van der Waals surface area (Å²) in [4.78, 5) is 15.4. The zero-order valence-electron chi connectivity index (χ0n) is 18.5. The fraction of sp³-hybridized carbons (Fsp3) is 0.240. The summed E-state index contributed by atoms with van der Waals surface area (Å²) in [6, 6.07) is 21.6. The van der Waals surface area contributed by atoms with Crippen LogP contribution in [0.3, 0.4) is 0 Å². The monoisotopic (exact) mass is 482 g/mol. The molecular formula is C25H26N2O4S2. The number of sulfonamides is 1. The number of ether oxygens (including phenoxy) is 1. The lowest BCUT2D eigenvalue weighted by molar-refractivity contribution is -0.119. The molecule has 33 heavy (non-hydrogen) atoms. The molecule has 0 bridgehead atoms. The number of hydrogen-bond acceptors (Lipinski definition) is 5. The average Bonchev–Trinajstić information content (AvgIpc) is 3.32. The van der Waals surface area contributed by atoms with E-state index < -0.39 is 16.1 Å². The standard InChI is InChI=1S/C25H26N2O4S2/c1-18-14-15-19(31-2)17-24(18)33(29,30)27-16-8-12-22(27)25(28)26-21-11-6-7-13-23(21)32-20-9-4-3-5-10-20/h3-7,9-11,13-15,17,22H,8,12,16H2,1-2H3,(H,26,28). The molecule has 172 valence electrons. The topological polar surface area (TPSA) is 75.7 Å². The third-order valence-corrected chi connectivity index (χ3v) is 8.74. The minimum Gasteiger partial charge on any atom is -0.497 e. The molecule has 6 nitrogen and oxygen atoms in total. The van der Waals surface area contributed by atoms with E-state index in [1.165, 1.54) is 17.5 Å². The minimum absolute atomic E-state index is 0.168. The first-order valence-electron chi connectivity index (χ1n) is 10.7. The van der Waals surface area contributed by atoms with Gasteiger partial charge >= 0.3 is 0 Å². The molecule has 0 radical (unpaired) electrons. The summed E-state index contributed by atoms with van der Waals surface area (Å²) in [5, 5.41) is 2.97. The summed E-state index contributed by atoms with van der Waals surface area (Å²) >= 11 is 1.55. The highest BCUT2D eigenvalue weighted by atomic mass is 32.2. The molecule has 0 saturated carbocycles. The van der Waals surface area contributed by atoms with Gasteiger partial charge in [-0.2, -0.15) is 4.31 Å². The largest absolute Gasteiger partial charge is 0.497 e. The van der Waals surface area contributed by atoms with Crippen LogP contribution in [0.15, 0.2) is 87.5 Å². The molecule has 3 aromatic carbocycles. The maximum Gasteiger partial charge on any atom is 0.244 e. The first kappa shape index (κ1) is 23.4.